The second-order valence-electron chi connectivity index (χ2n) is 5.57. The lowest BCUT2D eigenvalue weighted by atomic mass is 9.89. The normalized spacial score (nSPS) is 28.3. The monoisotopic (exact) mass is 269 g/mol. The topological polar surface area (TPSA) is 53.6 Å². The van der Waals surface area contributed by atoms with Gasteiger partial charge in [-0.2, -0.15) is 0 Å². The van der Waals surface area contributed by atoms with Crippen LogP contribution in [-0.4, -0.2) is 56.4 Å². The van der Waals surface area contributed by atoms with Gasteiger partial charge in [0, 0.05) is 25.2 Å². The number of carbonyl (C=O) groups is 1. The van der Waals surface area contributed by atoms with E-state index in [0.29, 0.717) is 18.6 Å². The Labute approximate surface area is 116 Å². The molecule has 0 spiro atoms. The zero-order valence-electron chi connectivity index (χ0n) is 12.0. The van der Waals surface area contributed by atoms with Gasteiger partial charge in [-0.3, -0.25) is 4.90 Å². The summed E-state index contributed by atoms with van der Waals surface area (Å²) in [4.78, 5) is 13.6. The summed E-state index contributed by atoms with van der Waals surface area (Å²) in [5.41, 5.74) is 0. The van der Waals surface area contributed by atoms with E-state index in [1.54, 1.807) is 0 Å². The number of alkyl carbamates (subject to hydrolysis) is 1. The molecule has 1 heterocycles. The number of amides is 1. The summed E-state index contributed by atoms with van der Waals surface area (Å²) in [7, 11) is 1.40. The van der Waals surface area contributed by atoms with Crippen LogP contribution in [0.15, 0.2) is 0 Å². The number of hydrogen-bond acceptors (Lipinski definition) is 4. The molecule has 0 aromatic heterocycles. The van der Waals surface area contributed by atoms with Gasteiger partial charge in [0.05, 0.1) is 7.11 Å². The first-order chi connectivity index (χ1) is 9.31. The van der Waals surface area contributed by atoms with Crippen LogP contribution in [0.2, 0.25) is 0 Å². The average Bonchev–Trinajstić information content (AvgIpc) is 2.97. The first-order valence-corrected chi connectivity index (χ1v) is 7.60. The number of rotatable bonds is 5. The van der Waals surface area contributed by atoms with Crippen molar-refractivity contribution in [2.24, 2.45) is 0 Å². The summed E-state index contributed by atoms with van der Waals surface area (Å²) >= 11 is 0. The first kappa shape index (κ1) is 14.6. The molecule has 1 aliphatic carbocycles. The third kappa shape index (κ3) is 4.35. The van der Waals surface area contributed by atoms with Gasteiger partial charge in [-0.1, -0.05) is 12.8 Å². The van der Waals surface area contributed by atoms with E-state index in [1.165, 1.54) is 58.7 Å². The zero-order chi connectivity index (χ0) is 13.5. The number of ether oxygens (including phenoxy) is 1. The zero-order valence-corrected chi connectivity index (χ0v) is 12.0. The predicted octanol–water partition coefficient (Wildman–Crippen LogP) is 1.34. The maximum atomic E-state index is 11.0. The van der Waals surface area contributed by atoms with Crippen molar-refractivity contribution in [1.29, 1.82) is 0 Å². The summed E-state index contributed by atoms with van der Waals surface area (Å²) < 4.78 is 4.56. The van der Waals surface area contributed by atoms with Crippen molar-refractivity contribution >= 4 is 6.09 Å². The Morgan fingerprint density at radius 2 is 1.89 bits per heavy atom. The minimum absolute atomic E-state index is 0.346. The van der Waals surface area contributed by atoms with Crippen molar-refractivity contribution in [1.82, 2.24) is 15.5 Å². The molecule has 19 heavy (non-hydrogen) atoms. The van der Waals surface area contributed by atoms with Crippen molar-refractivity contribution in [2.45, 2.75) is 50.6 Å². The van der Waals surface area contributed by atoms with Gasteiger partial charge in [0.1, 0.15) is 0 Å². The maximum absolute atomic E-state index is 11.0. The second kappa shape index (κ2) is 7.70. The highest BCUT2D eigenvalue weighted by atomic mass is 16.5. The lowest BCUT2D eigenvalue weighted by Gasteiger charge is -2.38. The number of methoxy groups -OCH3 is 1. The molecule has 2 N–H and O–H groups in total. The van der Waals surface area contributed by atoms with Gasteiger partial charge in [-0.25, -0.2) is 4.79 Å². The molecule has 2 atom stereocenters. The van der Waals surface area contributed by atoms with Crippen molar-refractivity contribution in [3.8, 4) is 0 Å². The van der Waals surface area contributed by atoms with Crippen LogP contribution in [0.5, 0.6) is 0 Å². The number of likely N-dealkylation sites (tertiary alicyclic amines) is 1. The standard InChI is InChI=1S/C14H27N3O2/c1-19-14(18)16-9-8-15-12-6-2-3-7-13(12)17-10-4-5-11-17/h12-13,15H,2-11H2,1H3,(H,16,18)/t12-,13+/m0/s1. The van der Waals surface area contributed by atoms with E-state index in [0.717, 1.165) is 6.54 Å². The SMILES string of the molecule is COC(=O)NCCN[C@H]1CCCC[C@H]1N1CCCC1. The summed E-state index contributed by atoms with van der Waals surface area (Å²) in [5.74, 6) is 0. The smallest absolute Gasteiger partial charge is 0.406 e. The van der Waals surface area contributed by atoms with Crippen LogP contribution in [-0.2, 0) is 4.74 Å². The molecule has 5 heteroatoms. The molecule has 0 aromatic rings. The molecule has 0 unspecified atom stereocenters. The van der Waals surface area contributed by atoms with Crippen LogP contribution in [0.25, 0.3) is 0 Å². The molecule has 2 rings (SSSR count). The Morgan fingerprint density at radius 3 is 2.63 bits per heavy atom. The number of nitrogens with one attached hydrogen (secondary N) is 2. The molecule has 1 saturated heterocycles. The fourth-order valence-corrected chi connectivity index (χ4v) is 3.35. The van der Waals surface area contributed by atoms with E-state index in [2.05, 4.69) is 20.3 Å². The summed E-state index contributed by atoms with van der Waals surface area (Å²) in [6, 6.07) is 1.29. The number of carbonyl (C=O) groups excluding carboxylic acids is 1. The van der Waals surface area contributed by atoms with Gasteiger partial charge >= 0.3 is 6.09 Å². The summed E-state index contributed by atoms with van der Waals surface area (Å²) in [6.07, 6.45) is 7.63. The van der Waals surface area contributed by atoms with E-state index >= 15 is 0 Å². The Hall–Kier alpha value is -0.810. The third-order valence-electron chi connectivity index (χ3n) is 4.33. The van der Waals surface area contributed by atoms with Crippen molar-refractivity contribution in [3.63, 3.8) is 0 Å². The average molecular weight is 269 g/mol. The molecule has 2 aliphatic rings. The van der Waals surface area contributed by atoms with Crippen molar-refractivity contribution < 1.29 is 9.53 Å². The van der Waals surface area contributed by atoms with Crippen LogP contribution in [0.1, 0.15) is 38.5 Å². The van der Waals surface area contributed by atoms with Crippen LogP contribution >= 0.6 is 0 Å². The molecule has 0 bridgehead atoms. The third-order valence-corrected chi connectivity index (χ3v) is 4.33. The number of nitrogens with zero attached hydrogens (tertiary/aromatic N) is 1. The van der Waals surface area contributed by atoms with Crippen molar-refractivity contribution in [3.05, 3.63) is 0 Å². The van der Waals surface area contributed by atoms with Gasteiger partial charge in [-0.15, -0.1) is 0 Å². The largest absolute Gasteiger partial charge is 0.453 e. The minimum atomic E-state index is -0.346. The van der Waals surface area contributed by atoms with E-state index in [-0.39, 0.29) is 6.09 Å². The van der Waals surface area contributed by atoms with E-state index in [1.807, 2.05) is 0 Å². The molecule has 5 nitrogen and oxygen atoms in total. The Kier molecular flexibility index (Phi) is 5.92. The molecule has 2 fully saturated rings. The van der Waals surface area contributed by atoms with E-state index in [9.17, 15) is 4.79 Å². The fraction of sp³-hybridized carbons (Fsp3) is 0.929. The maximum Gasteiger partial charge on any atom is 0.406 e. The molecule has 0 radical (unpaired) electrons. The van der Waals surface area contributed by atoms with Gasteiger partial charge < -0.3 is 15.4 Å². The van der Waals surface area contributed by atoms with Gasteiger partial charge in [0.25, 0.3) is 0 Å². The van der Waals surface area contributed by atoms with Gasteiger partial charge in [-0.05, 0) is 38.8 Å². The van der Waals surface area contributed by atoms with E-state index < -0.39 is 0 Å². The Bertz CT molecular complexity index is 280. The lowest BCUT2D eigenvalue weighted by Crippen LogP contribution is -2.52. The Morgan fingerprint density at radius 1 is 1.16 bits per heavy atom. The number of hydrogen-bond donors (Lipinski definition) is 2. The molecule has 110 valence electrons. The molecule has 1 amide bonds. The Balaban J connectivity index is 1.71. The molecular weight excluding hydrogens is 242 g/mol. The summed E-state index contributed by atoms with van der Waals surface area (Å²) in [6.45, 7) is 3.99. The molecular formula is C14H27N3O2. The molecule has 0 aromatic carbocycles. The summed E-state index contributed by atoms with van der Waals surface area (Å²) in [5, 5.41) is 6.34. The van der Waals surface area contributed by atoms with E-state index in [4.69, 9.17) is 0 Å². The highest BCUT2D eigenvalue weighted by Gasteiger charge is 2.30. The van der Waals surface area contributed by atoms with Crippen LogP contribution in [0.4, 0.5) is 4.79 Å². The van der Waals surface area contributed by atoms with Crippen molar-refractivity contribution in [2.75, 3.05) is 33.3 Å². The highest BCUT2D eigenvalue weighted by Crippen LogP contribution is 2.26. The molecule has 1 saturated carbocycles. The highest BCUT2D eigenvalue weighted by molar-refractivity contribution is 5.66. The van der Waals surface area contributed by atoms with Gasteiger partial charge in [0.2, 0.25) is 0 Å². The second-order valence-corrected chi connectivity index (χ2v) is 5.57. The van der Waals surface area contributed by atoms with Crippen LogP contribution in [0, 0.1) is 0 Å². The van der Waals surface area contributed by atoms with Crippen LogP contribution in [0.3, 0.4) is 0 Å². The molecule has 1 aliphatic heterocycles. The predicted molar refractivity (Wildman–Crippen MR) is 75.3 cm³/mol. The fourth-order valence-electron chi connectivity index (χ4n) is 3.35. The minimum Gasteiger partial charge on any atom is -0.453 e. The lowest BCUT2D eigenvalue weighted by molar-refractivity contribution is 0.147. The quantitative estimate of drug-likeness (QED) is 0.740. The van der Waals surface area contributed by atoms with Crippen LogP contribution < -0.4 is 10.6 Å². The van der Waals surface area contributed by atoms with Gasteiger partial charge in [0.15, 0.2) is 0 Å². The first-order valence-electron chi connectivity index (χ1n) is 7.60.